The fourth-order valence-corrected chi connectivity index (χ4v) is 32.4. The molecular formula is C34H69N3O6SSn2. The molecule has 0 spiro atoms. The third kappa shape index (κ3) is 19.7. The van der Waals surface area contributed by atoms with E-state index in [1.54, 1.807) is 0 Å². The molecule has 0 fully saturated rings. The first-order chi connectivity index (χ1) is 22.0. The van der Waals surface area contributed by atoms with Crippen LogP contribution in [0.15, 0.2) is 0 Å². The molecule has 2 amide bonds. The molecule has 2 atom stereocenters. The van der Waals surface area contributed by atoms with Crippen molar-refractivity contribution >= 4 is 74.0 Å². The number of carbonyl (C=O) groups excluding carboxylic acids is 4. The van der Waals surface area contributed by atoms with Crippen LogP contribution in [0, 0.1) is 0 Å². The molecule has 9 nitrogen and oxygen atoms in total. The molecule has 0 radical (unpaired) electrons. The van der Waals surface area contributed by atoms with Gasteiger partial charge in [0.2, 0.25) is 0 Å². The van der Waals surface area contributed by atoms with Crippen LogP contribution in [-0.2, 0) is 25.3 Å². The molecule has 0 aliphatic heterocycles. The predicted molar refractivity (Wildman–Crippen MR) is 198 cm³/mol. The van der Waals surface area contributed by atoms with Crippen molar-refractivity contribution in [2.24, 2.45) is 5.73 Å². The molecule has 0 bridgehead atoms. The van der Waals surface area contributed by atoms with Crippen molar-refractivity contribution in [3.8, 4) is 0 Å². The molecule has 4 N–H and O–H groups in total. The summed E-state index contributed by atoms with van der Waals surface area (Å²) in [7, 11) is 0. The zero-order valence-electron chi connectivity index (χ0n) is 30.2. The maximum atomic E-state index is 13.1. The van der Waals surface area contributed by atoms with E-state index in [9.17, 15) is 19.2 Å². The van der Waals surface area contributed by atoms with Gasteiger partial charge in [-0.3, -0.25) is 0 Å². The van der Waals surface area contributed by atoms with Gasteiger partial charge in [0.1, 0.15) is 0 Å². The van der Waals surface area contributed by atoms with Crippen LogP contribution in [-0.4, -0.2) is 85.7 Å². The topological polar surface area (TPSA) is 137 Å². The fourth-order valence-electron chi connectivity index (χ4n) is 5.76. The molecule has 0 rings (SSSR count). The van der Waals surface area contributed by atoms with Gasteiger partial charge in [-0.2, -0.15) is 0 Å². The summed E-state index contributed by atoms with van der Waals surface area (Å²) in [6.45, 7) is 12.8. The summed E-state index contributed by atoms with van der Waals surface area (Å²) in [5.74, 6) is -1.57. The van der Waals surface area contributed by atoms with Gasteiger partial charge < -0.3 is 0 Å². The minimum absolute atomic E-state index is 0.0134. The Morgan fingerprint density at radius 1 is 0.674 bits per heavy atom. The second-order valence-electron chi connectivity index (χ2n) is 13.0. The second kappa shape index (κ2) is 27.6. The van der Waals surface area contributed by atoms with E-state index >= 15 is 0 Å². The number of thiol groups is 1. The molecule has 0 aromatic rings. The average Bonchev–Trinajstić information content (AvgIpc) is 3.05. The van der Waals surface area contributed by atoms with Gasteiger partial charge in [-0.05, 0) is 0 Å². The standard InChI is InChI=1S/C10H17N3O6S.6C4H9.2Sn/c11-5(10(18)19)1-2-7(14)13-6(4-20)9(17)12-3-8(15)16;6*1-3-4-2;;/h5-6,20H,1-4,11H2,(H,12,17)(H,13,14)(H,15,16)(H,18,19);6*1,3-4H2,2H3;;/q;;;;;;;2*+1/p-2/t5-,6+;;;;;;;;/m0......../s1. The van der Waals surface area contributed by atoms with Crippen molar-refractivity contribution in [3.63, 3.8) is 0 Å². The van der Waals surface area contributed by atoms with E-state index in [0.29, 0.717) is 0 Å². The summed E-state index contributed by atoms with van der Waals surface area (Å²) < 4.78 is 18.8. The molecule has 0 aromatic heterocycles. The third-order valence-corrected chi connectivity index (χ3v) is 34.5. The summed E-state index contributed by atoms with van der Waals surface area (Å²) in [6, 6.07) is -1.80. The van der Waals surface area contributed by atoms with E-state index in [1.807, 2.05) is 0 Å². The molecule has 270 valence electrons. The first kappa shape index (κ1) is 45.8. The number of hydrogen-bond acceptors (Lipinski definition) is 8. The molecule has 0 aromatic carbocycles. The Morgan fingerprint density at radius 2 is 1.07 bits per heavy atom. The van der Waals surface area contributed by atoms with Crippen LogP contribution in [0.2, 0.25) is 26.6 Å². The molecule has 0 saturated carbocycles. The minimum atomic E-state index is -3.17. The van der Waals surface area contributed by atoms with Crippen LogP contribution in [0.5, 0.6) is 0 Å². The summed E-state index contributed by atoms with van der Waals surface area (Å²) in [4.78, 5) is 51.8. The number of nitrogens with one attached hydrogen (secondary N) is 2. The summed E-state index contributed by atoms with van der Waals surface area (Å²) in [5.41, 5.74) is 6.24. The van der Waals surface area contributed by atoms with Gasteiger partial charge in [0.05, 0.1) is 0 Å². The average molecular weight is 885 g/mol. The number of nitrogens with two attached hydrogens (primary N) is 1. The summed E-state index contributed by atoms with van der Waals surface area (Å²) >= 11 is -2.06. The predicted octanol–water partition coefficient (Wildman–Crippen LogP) is 7.40. The molecule has 0 heterocycles. The molecule has 0 aliphatic rings. The van der Waals surface area contributed by atoms with Crippen molar-refractivity contribution in [1.29, 1.82) is 0 Å². The van der Waals surface area contributed by atoms with Crippen LogP contribution in [0.3, 0.4) is 0 Å². The fraction of sp³-hybridized carbons (Fsp3) is 0.882. The van der Waals surface area contributed by atoms with Crippen LogP contribution >= 0.6 is 12.6 Å². The van der Waals surface area contributed by atoms with E-state index in [4.69, 9.17) is 11.9 Å². The Kier molecular flexibility index (Phi) is 27.5. The number of rotatable bonds is 29. The van der Waals surface area contributed by atoms with Gasteiger partial charge in [-0.25, -0.2) is 0 Å². The van der Waals surface area contributed by atoms with Gasteiger partial charge in [-0.1, -0.05) is 0 Å². The summed E-state index contributed by atoms with van der Waals surface area (Å²) in [6.07, 6.45) is 13.0. The Labute approximate surface area is 296 Å². The molecule has 46 heavy (non-hydrogen) atoms. The van der Waals surface area contributed by atoms with Gasteiger partial charge in [0, 0.05) is 0 Å². The van der Waals surface area contributed by atoms with Gasteiger partial charge in [0.25, 0.3) is 0 Å². The normalized spacial score (nSPS) is 13.1. The van der Waals surface area contributed by atoms with Crippen molar-refractivity contribution in [2.45, 2.75) is 170 Å². The van der Waals surface area contributed by atoms with E-state index in [1.165, 1.54) is 0 Å². The first-order valence-electron chi connectivity index (χ1n) is 18.4. The SMILES string of the molecule is CCC[CH2][Sn]([CH2]CCC)([CH2]CCC)[O]C(=O)CNC(=O)[C@@H](CS)NC(=O)CC[C@H](N)C(=O)[O][Sn]([CH2]CCC)([CH2]CCC)[CH2]CCC. The van der Waals surface area contributed by atoms with Crippen LogP contribution in [0.1, 0.15) is 131 Å². The Hall–Kier alpha value is -0.213. The monoisotopic (exact) mass is 887 g/mol. The molecule has 0 unspecified atom stereocenters. The van der Waals surface area contributed by atoms with E-state index in [-0.39, 0.29) is 37.1 Å². The van der Waals surface area contributed by atoms with Crippen molar-refractivity contribution in [3.05, 3.63) is 0 Å². The van der Waals surface area contributed by atoms with Crippen molar-refractivity contribution < 1.29 is 25.3 Å². The van der Waals surface area contributed by atoms with Gasteiger partial charge in [-0.15, -0.1) is 0 Å². The molecule has 0 aliphatic carbocycles. The molecule has 12 heteroatoms. The van der Waals surface area contributed by atoms with Crippen molar-refractivity contribution in [1.82, 2.24) is 10.6 Å². The zero-order valence-corrected chi connectivity index (χ0v) is 36.8. The van der Waals surface area contributed by atoms with E-state index in [0.717, 1.165) is 104 Å². The van der Waals surface area contributed by atoms with E-state index in [2.05, 4.69) is 64.8 Å². The number of hydrogen-bond donors (Lipinski definition) is 4. The summed E-state index contributed by atoms with van der Waals surface area (Å²) in [5, 5.41) is 5.34. The number of unbranched alkanes of at least 4 members (excludes halogenated alkanes) is 6. The number of carbonyl (C=O) groups is 4. The first-order valence-corrected chi connectivity index (χ1v) is 33.5. The van der Waals surface area contributed by atoms with Gasteiger partial charge in [0.15, 0.2) is 0 Å². The van der Waals surface area contributed by atoms with Gasteiger partial charge >= 0.3 is 298 Å². The third-order valence-electron chi connectivity index (χ3n) is 8.79. The van der Waals surface area contributed by atoms with E-state index < -0.39 is 61.5 Å². The van der Waals surface area contributed by atoms with Crippen LogP contribution in [0.4, 0.5) is 0 Å². The zero-order chi connectivity index (χ0) is 34.8. The van der Waals surface area contributed by atoms with Crippen LogP contribution in [0.25, 0.3) is 0 Å². The van der Waals surface area contributed by atoms with Crippen molar-refractivity contribution in [2.75, 3.05) is 12.3 Å². The Balaban J connectivity index is 5.13. The quantitative estimate of drug-likeness (QED) is 0.0454. The Bertz CT molecular complexity index is 823. The second-order valence-corrected chi connectivity index (χ2v) is 36.6. The number of amides is 2. The molecular weight excluding hydrogens is 816 g/mol. The molecule has 0 saturated heterocycles. The Morgan fingerprint density at radius 3 is 1.43 bits per heavy atom. The maximum absolute atomic E-state index is 13.1. The van der Waals surface area contributed by atoms with Crippen LogP contribution < -0.4 is 16.4 Å².